The molecule has 0 aromatic carbocycles. The first-order valence-electron chi connectivity index (χ1n) is 5.68. The van der Waals surface area contributed by atoms with E-state index in [1.54, 1.807) is 0 Å². The third-order valence-electron chi connectivity index (χ3n) is 2.60. The summed E-state index contributed by atoms with van der Waals surface area (Å²) in [6.45, 7) is 0. The lowest BCUT2D eigenvalue weighted by atomic mass is 10.4. The zero-order chi connectivity index (χ0) is 14.9. The molecule has 2 aliphatic rings. The van der Waals surface area contributed by atoms with Crippen LogP contribution in [0.2, 0.25) is 0 Å². The Kier molecular flexibility index (Phi) is 3.77. The highest BCUT2D eigenvalue weighted by atomic mass is 16.8. The Morgan fingerprint density at radius 1 is 0.900 bits per heavy atom. The molecule has 2 heterocycles. The lowest BCUT2D eigenvalue weighted by Crippen LogP contribution is -2.42. The number of hydrogen-bond donors (Lipinski definition) is 1. The highest BCUT2D eigenvalue weighted by molar-refractivity contribution is 6.02. The van der Waals surface area contributed by atoms with Crippen molar-refractivity contribution < 1.29 is 38.8 Å². The maximum absolute atomic E-state index is 11.4. The zero-order valence-corrected chi connectivity index (χ0v) is 10.1. The van der Waals surface area contributed by atoms with Gasteiger partial charge in [-0.3, -0.25) is 19.2 Å². The van der Waals surface area contributed by atoms with Gasteiger partial charge >= 0.3 is 5.97 Å². The Labute approximate surface area is 111 Å². The number of aliphatic hydroxyl groups is 1. The van der Waals surface area contributed by atoms with Crippen LogP contribution in [0.3, 0.4) is 0 Å². The van der Waals surface area contributed by atoms with Crippen molar-refractivity contribution in [3.05, 3.63) is 0 Å². The van der Waals surface area contributed by atoms with Gasteiger partial charge in [-0.15, -0.1) is 10.1 Å². The molecule has 0 aliphatic carbocycles. The van der Waals surface area contributed by atoms with Crippen LogP contribution >= 0.6 is 0 Å². The number of imide groups is 2. The Bertz CT molecular complexity index is 469. The molecule has 2 aliphatic heterocycles. The molecule has 2 saturated heterocycles. The number of carbonyl (C=O) groups excluding carboxylic acids is 5. The van der Waals surface area contributed by atoms with E-state index < -0.39 is 35.9 Å². The summed E-state index contributed by atoms with van der Waals surface area (Å²) in [7, 11) is 0. The summed E-state index contributed by atoms with van der Waals surface area (Å²) in [5.41, 5.74) is 0. The largest absolute Gasteiger partial charge is 0.391 e. The molecule has 0 aromatic heterocycles. The molecule has 10 heteroatoms. The maximum Gasteiger partial charge on any atom is 0.391 e. The predicted octanol–water partition coefficient (Wildman–Crippen LogP) is -2.01. The van der Waals surface area contributed by atoms with Crippen molar-refractivity contribution in [1.29, 1.82) is 0 Å². The van der Waals surface area contributed by atoms with E-state index in [0.29, 0.717) is 0 Å². The predicted molar refractivity (Wildman–Crippen MR) is 55.4 cm³/mol. The lowest BCUT2D eigenvalue weighted by molar-refractivity contribution is -0.260. The van der Waals surface area contributed by atoms with Crippen LogP contribution in [0.15, 0.2) is 0 Å². The van der Waals surface area contributed by atoms with E-state index in [0.717, 1.165) is 0 Å². The highest BCUT2D eigenvalue weighted by Gasteiger charge is 2.38. The number of aliphatic hydroxyl groups excluding tert-OH is 1. The second kappa shape index (κ2) is 5.35. The van der Waals surface area contributed by atoms with Gasteiger partial charge in [0.2, 0.25) is 0 Å². The number of amides is 4. The van der Waals surface area contributed by atoms with Crippen LogP contribution in [0, 0.1) is 0 Å². The molecule has 4 amide bonds. The van der Waals surface area contributed by atoms with Gasteiger partial charge in [0.15, 0.2) is 0 Å². The fraction of sp³-hybridized carbons (Fsp3) is 0.500. The first kappa shape index (κ1) is 14.1. The van der Waals surface area contributed by atoms with Crippen LogP contribution in [0.1, 0.15) is 25.7 Å². The minimum atomic E-state index is -2.30. The van der Waals surface area contributed by atoms with Gasteiger partial charge in [0.1, 0.15) is 0 Å². The van der Waals surface area contributed by atoms with Crippen molar-refractivity contribution in [1.82, 2.24) is 10.1 Å². The second-order valence-corrected chi connectivity index (χ2v) is 4.03. The molecule has 0 radical (unpaired) electrons. The van der Waals surface area contributed by atoms with E-state index in [2.05, 4.69) is 9.68 Å². The molecule has 0 saturated carbocycles. The van der Waals surface area contributed by atoms with Crippen LogP contribution < -0.4 is 0 Å². The number of hydroxylamine groups is 4. The molecule has 2 rings (SSSR count). The summed E-state index contributed by atoms with van der Waals surface area (Å²) in [6.07, 6.45) is -2.70. The standard InChI is InChI=1S/C10H10N2O8/c13-5-1-2-6(14)11(5)19-9(17)10(18)20-12-7(15)3-4-8(12)16/h9,17H,1-4H2. The van der Waals surface area contributed by atoms with Gasteiger partial charge in [-0.25, -0.2) is 9.63 Å². The van der Waals surface area contributed by atoms with Crippen molar-refractivity contribution in [2.24, 2.45) is 0 Å². The summed E-state index contributed by atoms with van der Waals surface area (Å²) < 4.78 is 0. The lowest BCUT2D eigenvalue weighted by Gasteiger charge is -2.18. The third kappa shape index (κ3) is 2.65. The fourth-order valence-electron chi connectivity index (χ4n) is 1.61. The van der Waals surface area contributed by atoms with E-state index in [-0.39, 0.29) is 35.8 Å². The molecular weight excluding hydrogens is 276 g/mol. The average Bonchev–Trinajstić information content (AvgIpc) is 2.88. The molecule has 2 fully saturated rings. The summed E-state index contributed by atoms with van der Waals surface area (Å²) in [6, 6.07) is 0. The van der Waals surface area contributed by atoms with E-state index in [4.69, 9.17) is 0 Å². The van der Waals surface area contributed by atoms with Crippen molar-refractivity contribution in [2.45, 2.75) is 32.0 Å². The molecule has 0 aromatic rings. The third-order valence-corrected chi connectivity index (χ3v) is 2.60. The summed E-state index contributed by atoms with van der Waals surface area (Å²) >= 11 is 0. The summed E-state index contributed by atoms with van der Waals surface area (Å²) in [5, 5.41) is 9.81. The van der Waals surface area contributed by atoms with E-state index >= 15 is 0 Å². The quantitative estimate of drug-likeness (QED) is 0.463. The van der Waals surface area contributed by atoms with Gasteiger partial charge in [0, 0.05) is 25.7 Å². The highest BCUT2D eigenvalue weighted by Crippen LogP contribution is 2.15. The maximum atomic E-state index is 11.4. The molecule has 0 bridgehead atoms. The topological polar surface area (TPSA) is 131 Å². The van der Waals surface area contributed by atoms with Gasteiger partial charge in [0.25, 0.3) is 29.9 Å². The van der Waals surface area contributed by atoms with E-state index in [1.807, 2.05) is 0 Å². The Balaban J connectivity index is 1.92. The minimum absolute atomic E-state index is 0.0936. The number of nitrogens with zero attached hydrogens (tertiary/aromatic N) is 2. The Morgan fingerprint density at radius 2 is 1.30 bits per heavy atom. The number of hydrogen-bond acceptors (Lipinski definition) is 8. The summed E-state index contributed by atoms with van der Waals surface area (Å²) in [4.78, 5) is 64.9. The molecule has 20 heavy (non-hydrogen) atoms. The first-order chi connectivity index (χ1) is 9.40. The van der Waals surface area contributed by atoms with Crippen LogP contribution in [0.25, 0.3) is 0 Å². The number of rotatable bonds is 4. The second-order valence-electron chi connectivity index (χ2n) is 4.03. The van der Waals surface area contributed by atoms with Gasteiger partial charge in [-0.05, 0) is 0 Å². The van der Waals surface area contributed by atoms with Crippen molar-refractivity contribution in [3.63, 3.8) is 0 Å². The Hall–Kier alpha value is -2.33. The van der Waals surface area contributed by atoms with Gasteiger partial charge < -0.3 is 9.94 Å². The van der Waals surface area contributed by atoms with Crippen LogP contribution in [0.5, 0.6) is 0 Å². The van der Waals surface area contributed by atoms with Crippen molar-refractivity contribution in [3.8, 4) is 0 Å². The minimum Gasteiger partial charge on any atom is -0.357 e. The molecule has 1 N–H and O–H groups in total. The first-order valence-corrected chi connectivity index (χ1v) is 5.68. The average molecular weight is 286 g/mol. The van der Waals surface area contributed by atoms with Gasteiger partial charge in [-0.1, -0.05) is 0 Å². The molecule has 1 atom stereocenters. The molecule has 108 valence electrons. The smallest absolute Gasteiger partial charge is 0.357 e. The van der Waals surface area contributed by atoms with E-state index in [9.17, 15) is 29.1 Å². The molecule has 1 unspecified atom stereocenters. The number of carbonyl (C=O) groups is 5. The monoisotopic (exact) mass is 286 g/mol. The summed E-state index contributed by atoms with van der Waals surface area (Å²) in [5.74, 6) is -4.38. The fourth-order valence-corrected chi connectivity index (χ4v) is 1.61. The zero-order valence-electron chi connectivity index (χ0n) is 10.1. The molecule has 10 nitrogen and oxygen atoms in total. The SMILES string of the molecule is O=C(ON1C(=O)CCC1=O)C(O)ON1C(=O)CCC1=O. The molecule has 0 spiro atoms. The van der Waals surface area contributed by atoms with Gasteiger partial charge in [0.05, 0.1) is 0 Å². The van der Waals surface area contributed by atoms with Crippen LogP contribution in [0.4, 0.5) is 0 Å². The normalized spacial score (nSPS) is 20.9. The molecular formula is C10H10N2O8. The van der Waals surface area contributed by atoms with Crippen LogP contribution in [-0.2, 0) is 33.6 Å². The van der Waals surface area contributed by atoms with Crippen LogP contribution in [-0.4, -0.2) is 51.1 Å². The Morgan fingerprint density at radius 3 is 1.75 bits per heavy atom. The van der Waals surface area contributed by atoms with Gasteiger partial charge in [-0.2, -0.15) is 0 Å². The van der Waals surface area contributed by atoms with Crippen molar-refractivity contribution >= 4 is 29.6 Å². The van der Waals surface area contributed by atoms with E-state index in [1.165, 1.54) is 0 Å². The van der Waals surface area contributed by atoms with Crippen molar-refractivity contribution in [2.75, 3.05) is 0 Å².